The predicted octanol–water partition coefficient (Wildman–Crippen LogP) is 10.7. The van der Waals surface area contributed by atoms with Crippen LogP contribution in [0.1, 0.15) is 70.7 Å². The molecule has 0 aromatic heterocycles. The summed E-state index contributed by atoms with van der Waals surface area (Å²) in [6, 6.07) is 21.5. The molecule has 1 aliphatic carbocycles. The highest BCUT2D eigenvalue weighted by atomic mass is 31.1. The molecule has 1 unspecified atom stereocenters. The molecule has 47 heavy (non-hydrogen) atoms. The maximum Gasteiger partial charge on any atom is 0.416 e. The summed E-state index contributed by atoms with van der Waals surface area (Å²) >= 11 is 0. The summed E-state index contributed by atoms with van der Waals surface area (Å²) in [7, 11) is -2.45. The van der Waals surface area contributed by atoms with Crippen molar-refractivity contribution in [2.24, 2.45) is 5.92 Å². The summed E-state index contributed by atoms with van der Waals surface area (Å²) < 4.78 is 84.9. The lowest BCUT2D eigenvalue weighted by Gasteiger charge is -2.38. The second-order valence-electron chi connectivity index (χ2n) is 13.4. The Hall–Kier alpha value is -2.68. The van der Waals surface area contributed by atoms with E-state index in [0.29, 0.717) is 21.7 Å². The minimum atomic E-state index is -4.56. The van der Waals surface area contributed by atoms with Gasteiger partial charge >= 0.3 is 12.4 Å². The van der Waals surface area contributed by atoms with Gasteiger partial charge in [-0.1, -0.05) is 84.1 Å². The molecule has 0 bridgehead atoms. The number of rotatable bonds is 7. The first-order valence-electron chi connectivity index (χ1n) is 16.0. The van der Waals surface area contributed by atoms with Crippen LogP contribution in [0.15, 0.2) is 72.8 Å². The lowest BCUT2D eigenvalue weighted by Crippen LogP contribution is -2.34. The molecule has 5 rings (SSSR count). The molecule has 1 aliphatic rings. The third kappa shape index (κ3) is 8.14. The van der Waals surface area contributed by atoms with Gasteiger partial charge in [-0.2, -0.15) is 26.3 Å². The number of hydrogen-bond acceptors (Lipinski definition) is 0. The molecule has 4 aromatic carbocycles. The first-order chi connectivity index (χ1) is 21.9. The lowest BCUT2D eigenvalue weighted by atomic mass is 10.0. The average Bonchev–Trinajstić information content (AvgIpc) is 3.40. The van der Waals surface area contributed by atoms with Gasteiger partial charge in [0.25, 0.3) is 0 Å². The van der Waals surface area contributed by atoms with E-state index in [1.165, 1.54) is 45.0 Å². The quantitative estimate of drug-likeness (QED) is 0.134. The van der Waals surface area contributed by atoms with E-state index in [0.717, 1.165) is 31.4 Å². The van der Waals surface area contributed by atoms with Crippen LogP contribution in [-0.4, -0.2) is 11.3 Å². The van der Waals surface area contributed by atoms with Crippen molar-refractivity contribution in [3.8, 4) is 0 Å². The van der Waals surface area contributed by atoms with Gasteiger partial charge < -0.3 is 0 Å². The monoisotopic (exact) mass is 686 g/mol. The zero-order valence-corrected chi connectivity index (χ0v) is 29.7. The van der Waals surface area contributed by atoms with Crippen LogP contribution in [0.2, 0.25) is 0 Å². The number of aryl methyl sites for hydroxylation is 6. The van der Waals surface area contributed by atoms with Crippen molar-refractivity contribution in [3.05, 3.63) is 117 Å². The fourth-order valence-electron chi connectivity index (χ4n) is 7.51. The summed E-state index contributed by atoms with van der Waals surface area (Å²) in [5, 5.41) is 3.51. The van der Waals surface area contributed by atoms with Gasteiger partial charge in [-0.25, -0.2) is 0 Å². The summed E-state index contributed by atoms with van der Waals surface area (Å²) in [4.78, 5) is 0. The Morgan fingerprint density at radius 1 is 0.511 bits per heavy atom. The fraction of sp³-hybridized carbons (Fsp3) is 0.385. The molecule has 0 spiro atoms. The third-order valence-electron chi connectivity index (χ3n) is 9.19. The van der Waals surface area contributed by atoms with Gasteiger partial charge in [0, 0.05) is 0 Å². The van der Waals surface area contributed by atoms with E-state index in [4.69, 9.17) is 0 Å². The van der Waals surface area contributed by atoms with Crippen LogP contribution < -0.4 is 21.2 Å². The van der Waals surface area contributed by atoms with Gasteiger partial charge in [0.2, 0.25) is 0 Å². The van der Waals surface area contributed by atoms with E-state index in [2.05, 4.69) is 71.0 Å². The Labute approximate surface area is 277 Å². The zero-order valence-electron chi connectivity index (χ0n) is 27.9. The molecule has 0 nitrogen and oxygen atoms in total. The topological polar surface area (TPSA) is 0 Å². The second kappa shape index (κ2) is 13.7. The summed E-state index contributed by atoms with van der Waals surface area (Å²) in [5.74, 6) is 0.110. The summed E-state index contributed by atoms with van der Waals surface area (Å²) in [5.41, 5.74) is 4.18. The largest absolute Gasteiger partial charge is 0.416 e. The minimum absolute atomic E-state index is 0.0763. The Kier molecular flexibility index (Phi) is 10.4. The number of alkyl halides is 6. The van der Waals surface area contributed by atoms with Gasteiger partial charge in [-0.3, -0.25) is 0 Å². The van der Waals surface area contributed by atoms with Crippen molar-refractivity contribution < 1.29 is 26.3 Å². The molecular weight excluding hydrogens is 644 g/mol. The van der Waals surface area contributed by atoms with Gasteiger partial charge in [-0.05, 0) is 144 Å². The molecule has 0 saturated heterocycles. The predicted molar refractivity (Wildman–Crippen MR) is 187 cm³/mol. The maximum atomic E-state index is 14.2. The highest BCUT2D eigenvalue weighted by Gasteiger charge is 2.43. The first-order valence-corrected chi connectivity index (χ1v) is 18.9. The molecule has 0 aliphatic heterocycles. The van der Waals surface area contributed by atoms with Crippen LogP contribution in [0.25, 0.3) is 0 Å². The smallest absolute Gasteiger partial charge is 0.166 e. The summed E-state index contributed by atoms with van der Waals surface area (Å²) in [6.45, 7) is 13.9. The third-order valence-corrected chi connectivity index (χ3v) is 15.0. The van der Waals surface area contributed by atoms with Crippen LogP contribution in [0.3, 0.4) is 0 Å². The Morgan fingerprint density at radius 3 is 1.26 bits per heavy atom. The van der Waals surface area contributed by atoms with Crippen molar-refractivity contribution >= 4 is 37.1 Å². The van der Waals surface area contributed by atoms with E-state index in [1.807, 2.05) is 0 Å². The molecule has 0 amide bonds. The minimum Gasteiger partial charge on any atom is -0.166 e. The van der Waals surface area contributed by atoms with Crippen LogP contribution in [0, 0.1) is 47.5 Å². The van der Waals surface area contributed by atoms with Crippen LogP contribution in [0.4, 0.5) is 26.3 Å². The van der Waals surface area contributed by atoms with E-state index in [-0.39, 0.29) is 17.2 Å². The zero-order chi connectivity index (χ0) is 34.4. The molecule has 3 atom stereocenters. The molecule has 0 heterocycles. The van der Waals surface area contributed by atoms with Crippen molar-refractivity contribution in [3.63, 3.8) is 0 Å². The molecule has 0 radical (unpaired) electrons. The fourth-order valence-corrected chi connectivity index (χ4v) is 14.5. The van der Waals surface area contributed by atoms with E-state index >= 15 is 0 Å². The molecule has 1 fully saturated rings. The first kappa shape index (κ1) is 35.6. The molecule has 4 aromatic rings. The van der Waals surface area contributed by atoms with Crippen molar-refractivity contribution in [2.45, 2.75) is 91.4 Å². The molecular formula is C39H42F6P2. The molecule has 8 heteroatoms. The number of halogens is 6. The second-order valence-corrected chi connectivity index (χ2v) is 18.5. The number of benzene rings is 4. The van der Waals surface area contributed by atoms with E-state index in [1.54, 1.807) is 26.0 Å². The Morgan fingerprint density at radius 2 is 0.872 bits per heavy atom. The van der Waals surface area contributed by atoms with Crippen LogP contribution in [-0.2, 0) is 12.4 Å². The van der Waals surface area contributed by atoms with Gasteiger partial charge in [-0.15, -0.1) is 0 Å². The lowest BCUT2D eigenvalue weighted by molar-refractivity contribution is -0.138. The van der Waals surface area contributed by atoms with Crippen LogP contribution in [0.5, 0.6) is 0 Å². The normalized spacial score (nSPS) is 17.9. The maximum absolute atomic E-state index is 14.2. The molecule has 250 valence electrons. The SMILES string of the molecule is Cc1cc(C)cc(P(c2cc(C)cc(C)c2)[C@H](C)C2CCC[C@@H]2P(c2cc(C)cc(C(F)(F)F)c2)c2cc(C)cc(C(F)(F)F)c2)c1. The highest BCUT2D eigenvalue weighted by molar-refractivity contribution is 7.74. The average molecular weight is 687 g/mol. The van der Waals surface area contributed by atoms with E-state index < -0.39 is 39.3 Å². The van der Waals surface area contributed by atoms with Crippen molar-refractivity contribution in [1.82, 2.24) is 0 Å². The van der Waals surface area contributed by atoms with Gasteiger partial charge in [0.05, 0.1) is 11.1 Å². The molecule has 1 saturated carbocycles. The standard InChI is InChI=1S/C39H42F6P2/c1-23-11-24(2)16-32(15-23)46(33-17-25(3)12-26(4)18-33)29(7)36-9-8-10-37(36)47(34-19-27(5)13-30(21-34)38(40,41)42)35-20-28(6)14-31(22-35)39(43,44)45/h11-22,29,36-37H,8-10H2,1-7H3/t29-,36?,37+/m1/s1. The Bertz CT molecular complexity index is 1600. The Balaban J connectivity index is 1.70. The van der Waals surface area contributed by atoms with Gasteiger partial charge in [0.1, 0.15) is 0 Å². The van der Waals surface area contributed by atoms with Crippen molar-refractivity contribution in [2.75, 3.05) is 0 Å². The highest BCUT2D eigenvalue weighted by Crippen LogP contribution is 2.57. The van der Waals surface area contributed by atoms with Gasteiger partial charge in [0.15, 0.2) is 0 Å². The van der Waals surface area contributed by atoms with Crippen molar-refractivity contribution in [1.29, 1.82) is 0 Å². The number of hydrogen-bond donors (Lipinski definition) is 0. The summed E-state index contributed by atoms with van der Waals surface area (Å²) in [6.07, 6.45) is -6.59. The van der Waals surface area contributed by atoms with Crippen LogP contribution >= 0.6 is 15.8 Å². The van der Waals surface area contributed by atoms with E-state index in [9.17, 15) is 26.3 Å². The molecule has 0 N–H and O–H groups in total.